The highest BCUT2D eigenvalue weighted by Gasteiger charge is 2.40. The Kier molecular flexibility index (Phi) is 8.10. The number of hydrogen-bond acceptors (Lipinski definition) is 8. The second-order valence-corrected chi connectivity index (χ2v) is 11.0. The summed E-state index contributed by atoms with van der Waals surface area (Å²) in [7, 11) is 0. The zero-order valence-electron chi connectivity index (χ0n) is 24.2. The van der Waals surface area contributed by atoms with Crippen LogP contribution < -0.4 is 4.74 Å². The molecule has 228 valence electrons. The van der Waals surface area contributed by atoms with Gasteiger partial charge in [-0.2, -0.15) is 13.2 Å². The monoisotopic (exact) mass is 597 g/mol. The zero-order valence-corrected chi connectivity index (χ0v) is 24.2. The maximum absolute atomic E-state index is 13.9. The van der Waals surface area contributed by atoms with E-state index in [-0.39, 0.29) is 42.9 Å². The summed E-state index contributed by atoms with van der Waals surface area (Å²) >= 11 is 0. The predicted octanol–water partition coefficient (Wildman–Crippen LogP) is 4.97. The van der Waals surface area contributed by atoms with E-state index in [1.54, 1.807) is 29.6 Å². The molecule has 2 aliphatic heterocycles. The van der Waals surface area contributed by atoms with E-state index in [4.69, 9.17) is 9.15 Å². The number of likely N-dealkylation sites (N-methyl/N-ethyl adjacent to an activating group) is 1. The van der Waals surface area contributed by atoms with Crippen molar-refractivity contribution in [3.63, 3.8) is 0 Å². The number of piperazine rings is 1. The van der Waals surface area contributed by atoms with Gasteiger partial charge in [0.2, 0.25) is 17.6 Å². The van der Waals surface area contributed by atoms with Crippen LogP contribution in [0.1, 0.15) is 54.8 Å². The van der Waals surface area contributed by atoms with Gasteiger partial charge in [-0.1, -0.05) is 13.8 Å². The number of pyridine rings is 2. The van der Waals surface area contributed by atoms with Gasteiger partial charge in [-0.15, -0.1) is 0 Å². The van der Waals surface area contributed by atoms with Gasteiger partial charge in [0.05, 0.1) is 17.3 Å². The molecule has 0 aromatic carbocycles. The van der Waals surface area contributed by atoms with E-state index in [1.165, 1.54) is 0 Å². The Morgan fingerprint density at radius 1 is 1.14 bits per heavy atom. The number of halogens is 3. The quantitative estimate of drug-likeness (QED) is 0.304. The highest BCUT2D eigenvalue weighted by atomic mass is 19.4. The Morgan fingerprint density at radius 3 is 2.67 bits per heavy atom. The van der Waals surface area contributed by atoms with Crippen LogP contribution in [0.3, 0.4) is 0 Å². The molecule has 4 aromatic rings. The van der Waals surface area contributed by atoms with E-state index < -0.39 is 11.9 Å². The number of H-pyrrole nitrogens is 1. The smallest absolute Gasteiger partial charge is 0.451 e. The highest BCUT2D eigenvalue weighted by Crippen LogP contribution is 2.36. The van der Waals surface area contributed by atoms with E-state index in [1.807, 2.05) is 24.0 Å². The molecule has 0 radical (unpaired) electrons. The standard InChI is InChI=1S/C30H34F3N7O3/c1-3-19-16-40(17-20-13-21(15-36-27(19)20)42-24-6-8-35-29-22(24)5-7-34-29)26(41)14-25-37-23(28(43-25)30(31,32)33)18-39-11-9-38(4-2)10-12-39/h5-8,13,15,19H,3-4,9-12,14,16-18H2,1-2H3,(H,34,35). The molecular formula is C30H34F3N7O3. The minimum atomic E-state index is -4.70. The fourth-order valence-corrected chi connectivity index (χ4v) is 5.86. The van der Waals surface area contributed by atoms with Crippen LogP contribution in [0.15, 0.2) is 41.2 Å². The van der Waals surface area contributed by atoms with Crippen molar-refractivity contribution in [1.82, 2.24) is 34.6 Å². The Labute approximate surface area is 246 Å². The first-order chi connectivity index (χ1) is 20.7. The van der Waals surface area contributed by atoms with Gasteiger partial charge in [-0.05, 0) is 36.7 Å². The highest BCUT2D eigenvalue weighted by molar-refractivity contribution is 5.82. The Hall–Kier alpha value is -3.97. The zero-order chi connectivity index (χ0) is 30.1. The van der Waals surface area contributed by atoms with Crippen LogP contribution in [0, 0.1) is 0 Å². The first-order valence-corrected chi connectivity index (χ1v) is 14.6. The topological polar surface area (TPSA) is 104 Å². The number of hydrogen-bond donors (Lipinski definition) is 1. The van der Waals surface area contributed by atoms with Gasteiger partial charge in [-0.3, -0.25) is 14.7 Å². The number of aromatic amines is 1. The Bertz CT molecular complexity index is 1590. The first kappa shape index (κ1) is 29.1. The number of carbonyl (C=O) groups is 1. The van der Waals surface area contributed by atoms with Gasteiger partial charge in [-0.25, -0.2) is 9.97 Å². The predicted molar refractivity (Wildman–Crippen MR) is 151 cm³/mol. The molecule has 2 aliphatic rings. The summed E-state index contributed by atoms with van der Waals surface area (Å²) in [6.45, 7) is 8.55. The number of aromatic nitrogens is 4. The molecule has 0 saturated carbocycles. The fraction of sp³-hybridized carbons (Fsp3) is 0.467. The van der Waals surface area contributed by atoms with E-state index >= 15 is 0 Å². The van der Waals surface area contributed by atoms with Crippen molar-refractivity contribution in [3.8, 4) is 11.5 Å². The molecule has 6 rings (SSSR count). The largest absolute Gasteiger partial charge is 0.455 e. The third-order valence-corrected chi connectivity index (χ3v) is 8.25. The molecule has 1 saturated heterocycles. The van der Waals surface area contributed by atoms with Gasteiger partial charge < -0.3 is 23.9 Å². The molecular weight excluding hydrogens is 563 g/mol. The third kappa shape index (κ3) is 6.23. The van der Waals surface area contributed by atoms with Crippen molar-refractivity contribution in [2.75, 3.05) is 39.3 Å². The van der Waals surface area contributed by atoms with E-state index in [2.05, 4.69) is 31.8 Å². The molecule has 10 nitrogen and oxygen atoms in total. The number of amides is 1. The van der Waals surface area contributed by atoms with E-state index in [9.17, 15) is 18.0 Å². The number of oxazole rings is 1. The molecule has 4 aromatic heterocycles. The second-order valence-electron chi connectivity index (χ2n) is 11.0. The van der Waals surface area contributed by atoms with Gasteiger partial charge in [0.15, 0.2) is 0 Å². The first-order valence-electron chi connectivity index (χ1n) is 14.6. The maximum Gasteiger partial charge on any atom is 0.451 e. The molecule has 1 fully saturated rings. The van der Waals surface area contributed by atoms with Crippen molar-refractivity contribution in [2.24, 2.45) is 0 Å². The number of nitrogens with one attached hydrogen (secondary N) is 1. The lowest BCUT2D eigenvalue weighted by Crippen LogP contribution is -2.45. The van der Waals surface area contributed by atoms with Crippen molar-refractivity contribution >= 4 is 16.9 Å². The number of nitrogens with zero attached hydrogens (tertiary/aromatic N) is 6. The van der Waals surface area contributed by atoms with Crippen molar-refractivity contribution in [3.05, 3.63) is 65.4 Å². The van der Waals surface area contributed by atoms with Crippen LogP contribution in [0.2, 0.25) is 0 Å². The molecule has 13 heteroatoms. The lowest BCUT2D eigenvalue weighted by atomic mass is 9.92. The van der Waals surface area contributed by atoms with Crippen LogP contribution in [0.4, 0.5) is 13.2 Å². The summed E-state index contributed by atoms with van der Waals surface area (Å²) in [6.07, 6.45) is 0.794. The van der Waals surface area contributed by atoms with Crippen molar-refractivity contribution in [1.29, 1.82) is 0 Å². The molecule has 1 atom stereocenters. The van der Waals surface area contributed by atoms with Crippen LogP contribution in [0.25, 0.3) is 11.0 Å². The molecule has 0 spiro atoms. The lowest BCUT2D eigenvalue weighted by molar-refractivity contribution is -0.154. The average molecular weight is 598 g/mol. The summed E-state index contributed by atoms with van der Waals surface area (Å²) in [5, 5.41) is 0.829. The second kappa shape index (κ2) is 12.0. The van der Waals surface area contributed by atoms with Gasteiger partial charge in [0.1, 0.15) is 29.3 Å². The summed E-state index contributed by atoms with van der Waals surface area (Å²) < 4.78 is 52.9. The van der Waals surface area contributed by atoms with Gasteiger partial charge in [0.25, 0.3) is 0 Å². The van der Waals surface area contributed by atoms with E-state index in [0.717, 1.165) is 42.7 Å². The minimum absolute atomic E-state index is 0.0216. The van der Waals surface area contributed by atoms with Gasteiger partial charge in [0, 0.05) is 64.1 Å². The molecule has 1 amide bonds. The average Bonchev–Trinajstić information content (AvgIpc) is 3.64. The van der Waals surface area contributed by atoms with Crippen molar-refractivity contribution < 1.29 is 27.1 Å². The maximum atomic E-state index is 13.9. The number of carbonyl (C=O) groups excluding carboxylic acids is 1. The van der Waals surface area contributed by atoms with Crippen LogP contribution in [-0.2, 0) is 30.5 Å². The number of ether oxygens (including phenoxy) is 1. The van der Waals surface area contributed by atoms with Crippen molar-refractivity contribution in [2.45, 2.75) is 51.9 Å². The molecule has 0 bridgehead atoms. The lowest BCUT2D eigenvalue weighted by Gasteiger charge is -2.33. The summed E-state index contributed by atoms with van der Waals surface area (Å²) in [4.78, 5) is 35.4. The Balaban J connectivity index is 1.18. The Morgan fingerprint density at radius 2 is 1.93 bits per heavy atom. The number of rotatable bonds is 8. The van der Waals surface area contributed by atoms with Crippen LogP contribution in [0.5, 0.6) is 11.5 Å². The van der Waals surface area contributed by atoms with E-state index in [0.29, 0.717) is 36.8 Å². The molecule has 0 aliphatic carbocycles. The molecule has 1 N–H and O–H groups in total. The summed E-state index contributed by atoms with van der Waals surface area (Å²) in [6, 6.07) is 5.51. The number of alkyl halides is 3. The molecule has 1 unspecified atom stereocenters. The summed E-state index contributed by atoms with van der Waals surface area (Å²) in [5.41, 5.74) is 2.25. The fourth-order valence-electron chi connectivity index (χ4n) is 5.86. The van der Waals surface area contributed by atoms with Crippen LogP contribution >= 0.6 is 0 Å². The third-order valence-electron chi connectivity index (χ3n) is 8.25. The minimum Gasteiger partial charge on any atom is -0.455 e. The SMILES string of the molecule is CCC1CN(C(=O)Cc2nc(CN3CCN(CC)CC3)c(C(F)(F)F)o2)Cc2cc(Oc3ccnc4[nH]ccc34)cnc21. The number of fused-ring (bicyclic) bond motifs is 2. The molecule has 43 heavy (non-hydrogen) atoms. The molecule has 6 heterocycles. The summed E-state index contributed by atoms with van der Waals surface area (Å²) in [5.74, 6) is -0.577. The van der Waals surface area contributed by atoms with Crippen LogP contribution in [-0.4, -0.2) is 79.8 Å². The van der Waals surface area contributed by atoms with Gasteiger partial charge >= 0.3 is 6.18 Å². The normalized spacial score (nSPS) is 18.3.